The highest BCUT2D eigenvalue weighted by Crippen LogP contribution is 2.22. The van der Waals surface area contributed by atoms with E-state index in [1.165, 1.54) is 9.80 Å². The second-order valence-electron chi connectivity index (χ2n) is 8.63. The summed E-state index contributed by atoms with van der Waals surface area (Å²) in [7, 11) is 0. The fraction of sp³-hybridized carbons (Fsp3) is 0.789. The van der Waals surface area contributed by atoms with Gasteiger partial charge in [-0.25, -0.2) is 9.59 Å². The van der Waals surface area contributed by atoms with Crippen LogP contribution in [0.4, 0.5) is 9.59 Å². The molecule has 2 unspecified atom stereocenters. The largest absolute Gasteiger partial charge is 0.371 e. The molecule has 2 rings (SSSR count). The summed E-state index contributed by atoms with van der Waals surface area (Å²) in [5, 5.41) is 26.0. The van der Waals surface area contributed by atoms with E-state index in [0.717, 1.165) is 0 Å². The van der Waals surface area contributed by atoms with Crippen molar-refractivity contribution in [3.05, 3.63) is 0 Å². The number of nitrogens with one attached hydrogen (secondary N) is 2. The van der Waals surface area contributed by atoms with Crippen molar-refractivity contribution in [2.45, 2.75) is 64.1 Å². The SMILES string of the molecule is C#CCN(CCCN1C(=O)NC(C)(C)C1O)CCCN1C(=O)NC(C)(C)C1O. The molecule has 9 nitrogen and oxygen atoms in total. The van der Waals surface area contributed by atoms with Gasteiger partial charge >= 0.3 is 12.1 Å². The molecule has 2 fully saturated rings. The van der Waals surface area contributed by atoms with Crippen LogP contribution in [0.25, 0.3) is 0 Å². The van der Waals surface area contributed by atoms with Crippen LogP contribution in [0, 0.1) is 12.3 Å². The number of hydrogen-bond acceptors (Lipinski definition) is 5. The van der Waals surface area contributed by atoms with E-state index in [0.29, 0.717) is 45.6 Å². The van der Waals surface area contributed by atoms with E-state index in [9.17, 15) is 19.8 Å². The van der Waals surface area contributed by atoms with E-state index in [2.05, 4.69) is 21.5 Å². The minimum Gasteiger partial charge on any atom is -0.371 e. The quantitative estimate of drug-likeness (QED) is 0.409. The van der Waals surface area contributed by atoms with Gasteiger partial charge in [-0.15, -0.1) is 6.42 Å². The lowest BCUT2D eigenvalue weighted by atomic mass is 10.1. The van der Waals surface area contributed by atoms with Gasteiger partial charge in [-0.1, -0.05) is 5.92 Å². The third-order valence-electron chi connectivity index (χ3n) is 5.32. The highest BCUT2D eigenvalue weighted by atomic mass is 16.3. The summed E-state index contributed by atoms with van der Waals surface area (Å²) in [6.45, 7) is 9.78. The predicted molar refractivity (Wildman–Crippen MR) is 105 cm³/mol. The molecule has 2 atom stereocenters. The van der Waals surface area contributed by atoms with Crippen LogP contribution < -0.4 is 10.6 Å². The van der Waals surface area contributed by atoms with Crippen LogP contribution in [0.3, 0.4) is 0 Å². The van der Waals surface area contributed by atoms with E-state index in [1.807, 2.05) is 0 Å². The van der Waals surface area contributed by atoms with Gasteiger partial charge < -0.3 is 20.8 Å². The second kappa shape index (κ2) is 8.55. The molecule has 158 valence electrons. The maximum Gasteiger partial charge on any atom is 0.320 e. The van der Waals surface area contributed by atoms with E-state index in [4.69, 9.17) is 6.42 Å². The van der Waals surface area contributed by atoms with Crippen molar-refractivity contribution in [1.82, 2.24) is 25.3 Å². The number of aliphatic hydroxyl groups is 2. The molecule has 2 heterocycles. The molecule has 0 aromatic carbocycles. The first kappa shape index (κ1) is 22.3. The van der Waals surface area contributed by atoms with Crippen LogP contribution in [0.15, 0.2) is 0 Å². The van der Waals surface area contributed by atoms with Crippen molar-refractivity contribution in [3.63, 3.8) is 0 Å². The molecule has 9 heteroatoms. The number of rotatable bonds is 9. The van der Waals surface area contributed by atoms with Crippen molar-refractivity contribution >= 4 is 12.1 Å². The Bertz CT molecular complexity index is 584. The fourth-order valence-corrected chi connectivity index (χ4v) is 3.60. The summed E-state index contributed by atoms with van der Waals surface area (Å²) in [5.74, 6) is 2.63. The number of amides is 4. The minimum absolute atomic E-state index is 0.266. The summed E-state index contributed by atoms with van der Waals surface area (Å²) in [6.07, 6.45) is 5.07. The lowest BCUT2D eigenvalue weighted by Crippen LogP contribution is -2.45. The van der Waals surface area contributed by atoms with Gasteiger partial charge in [-0.3, -0.25) is 14.7 Å². The van der Waals surface area contributed by atoms with Crippen molar-refractivity contribution in [3.8, 4) is 12.3 Å². The number of carbonyl (C=O) groups excluding carboxylic acids is 2. The van der Waals surface area contributed by atoms with Crippen LogP contribution in [-0.2, 0) is 0 Å². The molecular formula is C19H33N5O4. The van der Waals surface area contributed by atoms with E-state index in [-0.39, 0.29) is 12.1 Å². The Balaban J connectivity index is 1.77. The Morgan fingerprint density at radius 1 is 0.964 bits per heavy atom. The van der Waals surface area contributed by atoms with Gasteiger partial charge in [0.25, 0.3) is 0 Å². The highest BCUT2D eigenvalue weighted by Gasteiger charge is 2.44. The van der Waals surface area contributed by atoms with Crippen LogP contribution in [0.2, 0.25) is 0 Å². The monoisotopic (exact) mass is 395 g/mol. The Morgan fingerprint density at radius 2 is 1.36 bits per heavy atom. The Labute approximate surface area is 167 Å². The van der Waals surface area contributed by atoms with Gasteiger partial charge in [0, 0.05) is 26.2 Å². The summed E-state index contributed by atoms with van der Waals surface area (Å²) < 4.78 is 0. The lowest BCUT2D eigenvalue weighted by molar-refractivity contribution is 0.0116. The molecule has 0 saturated carbocycles. The second-order valence-corrected chi connectivity index (χ2v) is 8.63. The summed E-state index contributed by atoms with van der Waals surface area (Å²) in [4.78, 5) is 28.9. The van der Waals surface area contributed by atoms with Crippen molar-refractivity contribution in [2.24, 2.45) is 0 Å². The van der Waals surface area contributed by atoms with Gasteiger partial charge in [0.15, 0.2) is 12.5 Å². The Morgan fingerprint density at radius 3 is 1.64 bits per heavy atom. The summed E-state index contributed by atoms with van der Waals surface area (Å²) in [6, 6.07) is -0.532. The average Bonchev–Trinajstić information content (AvgIpc) is 2.90. The molecule has 2 saturated heterocycles. The standard InChI is InChI=1S/C19H33N5O4/c1-6-9-22(10-7-12-23-14(25)18(2,3)20-16(23)27)11-8-13-24-15(26)19(4,5)21-17(24)28/h1,14-15,25-26H,7-13H2,2-5H3,(H,20,27)(H,21,28). The van der Waals surface area contributed by atoms with Gasteiger partial charge in [0.2, 0.25) is 0 Å². The first-order valence-electron chi connectivity index (χ1n) is 9.69. The maximum atomic E-state index is 12.0. The molecule has 2 aliphatic rings. The maximum absolute atomic E-state index is 12.0. The summed E-state index contributed by atoms with van der Waals surface area (Å²) >= 11 is 0. The Hall–Kier alpha value is -2.02. The molecule has 0 radical (unpaired) electrons. The van der Waals surface area contributed by atoms with Gasteiger partial charge in [0.1, 0.15) is 0 Å². The topological polar surface area (TPSA) is 108 Å². The first-order chi connectivity index (χ1) is 13.0. The number of terminal acetylenes is 1. The molecule has 4 N–H and O–H groups in total. The number of aliphatic hydroxyl groups excluding tert-OH is 2. The number of carbonyl (C=O) groups is 2. The zero-order valence-corrected chi connectivity index (χ0v) is 17.2. The molecule has 0 aromatic heterocycles. The average molecular weight is 396 g/mol. The highest BCUT2D eigenvalue weighted by molar-refractivity contribution is 5.78. The van der Waals surface area contributed by atoms with Crippen molar-refractivity contribution < 1.29 is 19.8 Å². The lowest BCUT2D eigenvalue weighted by Gasteiger charge is -2.28. The van der Waals surface area contributed by atoms with Crippen molar-refractivity contribution in [2.75, 3.05) is 32.7 Å². The molecule has 28 heavy (non-hydrogen) atoms. The van der Waals surface area contributed by atoms with Gasteiger partial charge in [-0.05, 0) is 40.5 Å². The summed E-state index contributed by atoms with van der Waals surface area (Å²) in [5.41, 5.74) is -1.33. The van der Waals surface area contributed by atoms with E-state index in [1.54, 1.807) is 27.7 Å². The molecule has 4 amide bonds. The Kier molecular flexibility index (Phi) is 6.80. The normalized spacial score (nSPS) is 25.8. The van der Waals surface area contributed by atoms with Crippen molar-refractivity contribution in [1.29, 1.82) is 0 Å². The number of urea groups is 2. The van der Waals surface area contributed by atoms with Crippen LogP contribution in [0.1, 0.15) is 40.5 Å². The van der Waals surface area contributed by atoms with Gasteiger partial charge in [0.05, 0.1) is 17.6 Å². The van der Waals surface area contributed by atoms with E-state index < -0.39 is 23.5 Å². The number of nitrogens with zero attached hydrogens (tertiary/aromatic N) is 3. The minimum atomic E-state index is -0.861. The van der Waals surface area contributed by atoms with Crippen LogP contribution >= 0.6 is 0 Å². The fourth-order valence-electron chi connectivity index (χ4n) is 3.60. The molecule has 2 aliphatic heterocycles. The zero-order chi connectivity index (χ0) is 21.1. The number of hydrogen-bond donors (Lipinski definition) is 4. The first-order valence-corrected chi connectivity index (χ1v) is 9.69. The predicted octanol–water partition coefficient (Wildman–Crippen LogP) is -0.0538. The molecule has 0 aromatic rings. The van der Waals surface area contributed by atoms with Crippen LogP contribution in [-0.4, -0.2) is 93.2 Å². The molecule has 0 aliphatic carbocycles. The third-order valence-corrected chi connectivity index (χ3v) is 5.32. The van der Waals surface area contributed by atoms with E-state index >= 15 is 0 Å². The van der Waals surface area contributed by atoms with Crippen LogP contribution in [0.5, 0.6) is 0 Å². The smallest absolute Gasteiger partial charge is 0.320 e. The zero-order valence-electron chi connectivity index (χ0n) is 17.2. The molecular weight excluding hydrogens is 362 g/mol. The van der Waals surface area contributed by atoms with Gasteiger partial charge in [-0.2, -0.15) is 0 Å². The molecule has 0 bridgehead atoms. The third kappa shape index (κ3) is 4.87. The molecule has 0 spiro atoms.